The molecule has 0 amide bonds. The average molecular weight is 257 g/mol. The second-order valence-corrected chi connectivity index (χ2v) is 4.98. The van der Waals surface area contributed by atoms with Crippen molar-refractivity contribution in [3.8, 4) is 0 Å². The molecule has 0 aliphatic rings. The Morgan fingerprint density at radius 3 is 2.79 bits per heavy atom. The molecule has 0 bridgehead atoms. The predicted octanol–water partition coefficient (Wildman–Crippen LogP) is 3.19. The first-order valence-electron chi connectivity index (χ1n) is 7.07. The van der Waals surface area contributed by atoms with E-state index in [0.29, 0.717) is 5.92 Å². The second-order valence-electron chi connectivity index (χ2n) is 4.98. The second kappa shape index (κ2) is 7.10. The van der Waals surface area contributed by atoms with Crippen LogP contribution in [0.15, 0.2) is 42.7 Å². The van der Waals surface area contributed by atoms with Gasteiger partial charge in [0.25, 0.3) is 0 Å². The molecule has 1 unspecified atom stereocenters. The largest absolute Gasteiger partial charge is 0.334 e. The van der Waals surface area contributed by atoms with E-state index in [1.807, 2.05) is 6.20 Å². The molecular formula is C16H23N3. The Labute approximate surface area is 115 Å². The van der Waals surface area contributed by atoms with Gasteiger partial charge < -0.3 is 9.88 Å². The molecule has 2 rings (SSSR count). The molecule has 19 heavy (non-hydrogen) atoms. The quantitative estimate of drug-likeness (QED) is 0.825. The Hall–Kier alpha value is -1.61. The van der Waals surface area contributed by atoms with Crippen LogP contribution in [0.1, 0.15) is 37.6 Å². The molecule has 0 saturated heterocycles. The first kappa shape index (κ1) is 13.8. The summed E-state index contributed by atoms with van der Waals surface area (Å²) in [6.07, 6.45) is 5.08. The minimum Gasteiger partial charge on any atom is -0.334 e. The summed E-state index contributed by atoms with van der Waals surface area (Å²) in [5.74, 6) is 1.65. The molecule has 0 radical (unpaired) electrons. The van der Waals surface area contributed by atoms with E-state index in [9.17, 15) is 0 Å². The summed E-state index contributed by atoms with van der Waals surface area (Å²) in [6.45, 7) is 7.30. The molecule has 0 aliphatic carbocycles. The van der Waals surface area contributed by atoms with Crippen molar-refractivity contribution in [1.82, 2.24) is 14.9 Å². The highest BCUT2D eigenvalue weighted by atomic mass is 15.1. The van der Waals surface area contributed by atoms with Gasteiger partial charge in [-0.15, -0.1) is 0 Å². The minimum atomic E-state index is 0.524. The molecular weight excluding hydrogens is 234 g/mol. The summed E-state index contributed by atoms with van der Waals surface area (Å²) < 4.78 is 2.22. The van der Waals surface area contributed by atoms with Gasteiger partial charge in [-0.25, -0.2) is 4.98 Å². The average Bonchev–Trinajstić information content (AvgIpc) is 2.88. The zero-order valence-corrected chi connectivity index (χ0v) is 11.8. The van der Waals surface area contributed by atoms with Crippen LogP contribution >= 0.6 is 0 Å². The van der Waals surface area contributed by atoms with Crippen LogP contribution in [-0.4, -0.2) is 16.1 Å². The van der Waals surface area contributed by atoms with Crippen molar-refractivity contribution in [1.29, 1.82) is 0 Å². The summed E-state index contributed by atoms with van der Waals surface area (Å²) >= 11 is 0. The van der Waals surface area contributed by atoms with E-state index in [0.717, 1.165) is 31.9 Å². The van der Waals surface area contributed by atoms with Crippen molar-refractivity contribution >= 4 is 0 Å². The molecule has 0 aliphatic heterocycles. The number of rotatable bonds is 7. The lowest BCUT2D eigenvalue weighted by molar-refractivity contribution is 0.563. The van der Waals surface area contributed by atoms with Crippen LogP contribution in [0.25, 0.3) is 0 Å². The molecule has 3 nitrogen and oxygen atoms in total. The molecule has 3 heteroatoms. The van der Waals surface area contributed by atoms with Gasteiger partial charge in [0.05, 0.1) is 6.54 Å². The van der Waals surface area contributed by atoms with Gasteiger partial charge in [0, 0.05) is 25.5 Å². The van der Waals surface area contributed by atoms with Crippen molar-refractivity contribution < 1.29 is 0 Å². The first-order valence-corrected chi connectivity index (χ1v) is 7.07. The molecule has 1 aromatic carbocycles. The smallest absolute Gasteiger partial charge is 0.122 e. The van der Waals surface area contributed by atoms with Crippen molar-refractivity contribution in [2.24, 2.45) is 0 Å². The van der Waals surface area contributed by atoms with E-state index in [2.05, 4.69) is 65.2 Å². The summed E-state index contributed by atoms with van der Waals surface area (Å²) in [7, 11) is 0. The third kappa shape index (κ3) is 3.93. The van der Waals surface area contributed by atoms with Crippen LogP contribution in [0.2, 0.25) is 0 Å². The maximum absolute atomic E-state index is 4.40. The van der Waals surface area contributed by atoms with Crippen LogP contribution in [0, 0.1) is 0 Å². The van der Waals surface area contributed by atoms with Gasteiger partial charge in [-0.2, -0.15) is 0 Å². The Bertz CT molecular complexity index is 476. The molecule has 102 valence electrons. The number of nitrogens with one attached hydrogen (secondary N) is 1. The fourth-order valence-electron chi connectivity index (χ4n) is 2.25. The topological polar surface area (TPSA) is 29.9 Å². The SMILES string of the molecule is CCCn1ccnc1CNCC(C)c1ccccc1. The van der Waals surface area contributed by atoms with E-state index in [1.54, 1.807) is 0 Å². The first-order chi connectivity index (χ1) is 9.31. The molecule has 1 heterocycles. The molecule has 1 aromatic heterocycles. The van der Waals surface area contributed by atoms with Gasteiger partial charge in [0.2, 0.25) is 0 Å². The van der Waals surface area contributed by atoms with E-state index >= 15 is 0 Å². The van der Waals surface area contributed by atoms with Gasteiger partial charge in [-0.1, -0.05) is 44.2 Å². The molecule has 2 aromatic rings. The van der Waals surface area contributed by atoms with Crippen LogP contribution in [-0.2, 0) is 13.1 Å². The lowest BCUT2D eigenvalue weighted by atomic mass is 10.0. The highest BCUT2D eigenvalue weighted by molar-refractivity contribution is 5.18. The van der Waals surface area contributed by atoms with Crippen LogP contribution in [0.4, 0.5) is 0 Å². The van der Waals surface area contributed by atoms with Crippen molar-refractivity contribution in [3.63, 3.8) is 0 Å². The summed E-state index contributed by atoms with van der Waals surface area (Å²) in [5.41, 5.74) is 1.38. The third-order valence-corrected chi connectivity index (χ3v) is 3.37. The third-order valence-electron chi connectivity index (χ3n) is 3.37. The van der Waals surface area contributed by atoms with Crippen LogP contribution < -0.4 is 5.32 Å². The summed E-state index contributed by atoms with van der Waals surface area (Å²) in [5, 5.41) is 3.50. The maximum Gasteiger partial charge on any atom is 0.122 e. The van der Waals surface area contributed by atoms with Gasteiger partial charge in [-0.05, 0) is 17.9 Å². The van der Waals surface area contributed by atoms with Crippen molar-refractivity contribution in [2.45, 2.75) is 39.3 Å². The van der Waals surface area contributed by atoms with E-state index in [4.69, 9.17) is 0 Å². The fourth-order valence-corrected chi connectivity index (χ4v) is 2.25. The number of benzene rings is 1. The van der Waals surface area contributed by atoms with E-state index < -0.39 is 0 Å². The maximum atomic E-state index is 4.40. The standard InChI is InChI=1S/C16H23N3/c1-3-10-19-11-9-18-16(19)13-17-12-14(2)15-7-5-4-6-8-15/h4-9,11,14,17H,3,10,12-13H2,1-2H3. The van der Waals surface area contributed by atoms with E-state index in [1.165, 1.54) is 5.56 Å². The zero-order valence-electron chi connectivity index (χ0n) is 11.8. The number of imidazole rings is 1. The lowest BCUT2D eigenvalue weighted by Crippen LogP contribution is -2.21. The number of aromatic nitrogens is 2. The normalized spacial score (nSPS) is 12.5. The van der Waals surface area contributed by atoms with Gasteiger partial charge in [0.15, 0.2) is 0 Å². The number of hydrogen-bond donors (Lipinski definition) is 1. The minimum absolute atomic E-state index is 0.524. The van der Waals surface area contributed by atoms with E-state index in [-0.39, 0.29) is 0 Å². The van der Waals surface area contributed by atoms with Crippen molar-refractivity contribution in [3.05, 3.63) is 54.1 Å². The molecule has 0 fully saturated rings. The summed E-state index contributed by atoms with van der Waals surface area (Å²) in [4.78, 5) is 4.40. The molecule has 0 spiro atoms. The fraction of sp³-hybridized carbons (Fsp3) is 0.438. The van der Waals surface area contributed by atoms with Gasteiger partial charge >= 0.3 is 0 Å². The zero-order chi connectivity index (χ0) is 13.5. The number of nitrogens with zero attached hydrogens (tertiary/aromatic N) is 2. The number of aryl methyl sites for hydroxylation is 1. The Kier molecular flexibility index (Phi) is 5.16. The Balaban J connectivity index is 1.81. The number of hydrogen-bond acceptors (Lipinski definition) is 2. The molecule has 0 saturated carbocycles. The van der Waals surface area contributed by atoms with Crippen molar-refractivity contribution in [2.75, 3.05) is 6.54 Å². The Morgan fingerprint density at radius 1 is 1.26 bits per heavy atom. The van der Waals surface area contributed by atoms with Gasteiger partial charge in [0.1, 0.15) is 5.82 Å². The Morgan fingerprint density at radius 2 is 2.05 bits per heavy atom. The van der Waals surface area contributed by atoms with Crippen LogP contribution in [0.5, 0.6) is 0 Å². The highest BCUT2D eigenvalue weighted by Gasteiger charge is 2.06. The van der Waals surface area contributed by atoms with Crippen LogP contribution in [0.3, 0.4) is 0 Å². The van der Waals surface area contributed by atoms with Gasteiger partial charge in [-0.3, -0.25) is 0 Å². The lowest BCUT2D eigenvalue weighted by Gasteiger charge is -2.13. The predicted molar refractivity (Wildman–Crippen MR) is 79.1 cm³/mol. The molecule has 1 N–H and O–H groups in total. The summed E-state index contributed by atoms with van der Waals surface area (Å²) in [6, 6.07) is 10.6. The molecule has 1 atom stereocenters. The highest BCUT2D eigenvalue weighted by Crippen LogP contribution is 2.13. The monoisotopic (exact) mass is 257 g/mol.